The van der Waals surface area contributed by atoms with E-state index in [2.05, 4.69) is 26.0 Å². The number of amides is 1. The molecule has 15 heavy (non-hydrogen) atoms. The lowest BCUT2D eigenvalue weighted by Crippen LogP contribution is -2.18. The fourth-order valence-corrected chi connectivity index (χ4v) is 1.63. The summed E-state index contributed by atoms with van der Waals surface area (Å²) in [5.74, 6) is 0.165. The third-order valence-electron chi connectivity index (χ3n) is 2.52. The molecular weight excluding hydrogens is 186 g/mol. The lowest BCUT2D eigenvalue weighted by atomic mass is 9.95. The summed E-state index contributed by atoms with van der Waals surface area (Å²) in [5.41, 5.74) is 7.57. The maximum absolute atomic E-state index is 11.1. The van der Waals surface area contributed by atoms with E-state index < -0.39 is 0 Å². The normalized spacial score (nSPS) is 12.8. The van der Waals surface area contributed by atoms with Crippen LogP contribution in [0, 0.1) is 5.92 Å². The van der Waals surface area contributed by atoms with E-state index in [1.807, 2.05) is 19.1 Å². The van der Waals surface area contributed by atoms with Crippen LogP contribution in [0.15, 0.2) is 24.3 Å². The van der Waals surface area contributed by atoms with E-state index in [1.54, 1.807) is 0 Å². The molecule has 0 bridgehead atoms. The molecular formula is C13H19NO. The molecule has 0 saturated heterocycles. The predicted octanol–water partition coefficient (Wildman–Crippen LogP) is 2.47. The third-order valence-corrected chi connectivity index (χ3v) is 2.52. The van der Waals surface area contributed by atoms with Gasteiger partial charge in [-0.05, 0) is 30.4 Å². The van der Waals surface area contributed by atoms with Gasteiger partial charge < -0.3 is 5.73 Å². The summed E-state index contributed by atoms with van der Waals surface area (Å²) in [4.78, 5) is 11.1. The first-order valence-electron chi connectivity index (χ1n) is 5.39. The van der Waals surface area contributed by atoms with E-state index in [0.717, 1.165) is 12.0 Å². The summed E-state index contributed by atoms with van der Waals surface area (Å²) in [5, 5.41) is 0. The molecule has 0 aliphatic heterocycles. The number of hydrogen-bond donors (Lipinski definition) is 1. The topological polar surface area (TPSA) is 43.1 Å². The molecule has 1 atom stereocenters. The molecule has 0 aliphatic carbocycles. The van der Waals surface area contributed by atoms with Gasteiger partial charge >= 0.3 is 0 Å². The summed E-state index contributed by atoms with van der Waals surface area (Å²) in [6, 6.07) is 8.12. The van der Waals surface area contributed by atoms with Gasteiger partial charge in [-0.25, -0.2) is 0 Å². The molecule has 0 fully saturated rings. The number of rotatable bonds is 4. The molecule has 2 N–H and O–H groups in total. The van der Waals surface area contributed by atoms with Crippen LogP contribution >= 0.6 is 0 Å². The van der Waals surface area contributed by atoms with Crippen molar-refractivity contribution in [1.82, 2.24) is 0 Å². The molecule has 2 heteroatoms. The van der Waals surface area contributed by atoms with E-state index in [4.69, 9.17) is 5.73 Å². The van der Waals surface area contributed by atoms with Crippen LogP contribution in [0.5, 0.6) is 0 Å². The number of primary amides is 1. The van der Waals surface area contributed by atoms with Crippen molar-refractivity contribution in [2.45, 2.75) is 33.1 Å². The van der Waals surface area contributed by atoms with E-state index in [0.29, 0.717) is 5.92 Å². The number of nitrogens with two attached hydrogens (primary N) is 1. The molecule has 0 unspecified atom stereocenters. The van der Waals surface area contributed by atoms with Gasteiger partial charge in [0.2, 0.25) is 5.91 Å². The highest BCUT2D eigenvalue weighted by atomic mass is 16.1. The second-order valence-corrected chi connectivity index (χ2v) is 4.47. The highest BCUT2D eigenvalue weighted by Gasteiger charge is 2.11. The first-order chi connectivity index (χ1) is 7.00. The van der Waals surface area contributed by atoms with Gasteiger partial charge in [0.1, 0.15) is 0 Å². The molecule has 0 spiro atoms. The molecule has 2 nitrogen and oxygen atoms in total. The van der Waals surface area contributed by atoms with Crippen molar-refractivity contribution in [1.29, 1.82) is 0 Å². The van der Waals surface area contributed by atoms with Crippen molar-refractivity contribution in [3.05, 3.63) is 35.4 Å². The van der Waals surface area contributed by atoms with Gasteiger partial charge in [-0.2, -0.15) is 0 Å². The van der Waals surface area contributed by atoms with E-state index in [1.165, 1.54) is 5.56 Å². The predicted molar refractivity (Wildman–Crippen MR) is 62.6 cm³/mol. The molecule has 0 radical (unpaired) electrons. The quantitative estimate of drug-likeness (QED) is 0.806. The second kappa shape index (κ2) is 4.96. The van der Waals surface area contributed by atoms with E-state index >= 15 is 0 Å². The van der Waals surface area contributed by atoms with Crippen LogP contribution in [0.4, 0.5) is 0 Å². The lowest BCUT2D eigenvalue weighted by Gasteiger charge is -2.10. The van der Waals surface area contributed by atoms with E-state index in [-0.39, 0.29) is 11.8 Å². The maximum Gasteiger partial charge on any atom is 0.224 e. The Hall–Kier alpha value is -1.31. The van der Waals surface area contributed by atoms with Crippen LogP contribution in [0.1, 0.15) is 37.8 Å². The molecule has 1 aromatic carbocycles. The Balaban J connectivity index is 2.87. The molecule has 0 heterocycles. The van der Waals surface area contributed by atoms with Gasteiger partial charge in [-0.1, -0.05) is 38.1 Å². The first-order valence-corrected chi connectivity index (χ1v) is 5.39. The van der Waals surface area contributed by atoms with Crippen LogP contribution in [0.25, 0.3) is 0 Å². The fraction of sp³-hybridized carbons (Fsp3) is 0.462. The summed E-state index contributed by atoms with van der Waals surface area (Å²) in [6.45, 7) is 6.21. The fourth-order valence-electron chi connectivity index (χ4n) is 1.63. The third kappa shape index (κ3) is 3.39. The summed E-state index contributed by atoms with van der Waals surface area (Å²) in [7, 11) is 0. The number of benzene rings is 1. The lowest BCUT2D eigenvalue weighted by molar-refractivity contribution is -0.119. The van der Waals surface area contributed by atoms with Gasteiger partial charge in [-0.3, -0.25) is 4.79 Å². The number of hydrogen-bond acceptors (Lipinski definition) is 1. The monoisotopic (exact) mass is 205 g/mol. The van der Waals surface area contributed by atoms with Crippen molar-refractivity contribution in [2.75, 3.05) is 0 Å². The van der Waals surface area contributed by atoms with Gasteiger partial charge in [0.25, 0.3) is 0 Å². The SMILES string of the molecule is CC(C)Cc1cccc([C@H](C)C(N)=O)c1. The highest BCUT2D eigenvalue weighted by Crippen LogP contribution is 2.17. The number of carbonyl (C=O) groups is 1. The van der Waals surface area contributed by atoms with Crippen LogP contribution in [0.3, 0.4) is 0 Å². The standard InChI is InChI=1S/C13H19NO/c1-9(2)7-11-5-4-6-12(8-11)10(3)13(14)15/h4-6,8-10H,7H2,1-3H3,(H2,14,15)/t10-/m0/s1. The summed E-state index contributed by atoms with van der Waals surface area (Å²) < 4.78 is 0. The minimum Gasteiger partial charge on any atom is -0.369 e. The highest BCUT2D eigenvalue weighted by molar-refractivity contribution is 5.81. The molecule has 1 aromatic rings. The Labute approximate surface area is 91.5 Å². The molecule has 0 saturated carbocycles. The first kappa shape index (κ1) is 11.8. The largest absolute Gasteiger partial charge is 0.369 e. The van der Waals surface area contributed by atoms with Gasteiger partial charge in [0.05, 0.1) is 5.92 Å². The van der Waals surface area contributed by atoms with Crippen LogP contribution in [0.2, 0.25) is 0 Å². The number of carbonyl (C=O) groups excluding carboxylic acids is 1. The minimum absolute atomic E-state index is 0.197. The Morgan fingerprint density at radius 2 is 2.00 bits per heavy atom. The smallest absolute Gasteiger partial charge is 0.224 e. The van der Waals surface area contributed by atoms with Crippen molar-refractivity contribution in [3.8, 4) is 0 Å². The van der Waals surface area contributed by atoms with E-state index in [9.17, 15) is 4.79 Å². The van der Waals surface area contributed by atoms with Crippen molar-refractivity contribution in [2.24, 2.45) is 11.7 Å². The minimum atomic E-state index is -0.267. The van der Waals surface area contributed by atoms with Crippen molar-refractivity contribution in [3.63, 3.8) is 0 Å². The van der Waals surface area contributed by atoms with Gasteiger partial charge in [0, 0.05) is 0 Å². The van der Waals surface area contributed by atoms with Crippen LogP contribution in [-0.2, 0) is 11.2 Å². The Morgan fingerprint density at radius 3 is 2.53 bits per heavy atom. The Bertz CT molecular complexity index is 344. The zero-order valence-electron chi connectivity index (χ0n) is 9.66. The molecule has 1 rings (SSSR count). The summed E-state index contributed by atoms with van der Waals surface area (Å²) in [6.07, 6.45) is 1.04. The second-order valence-electron chi connectivity index (χ2n) is 4.47. The van der Waals surface area contributed by atoms with Crippen LogP contribution in [-0.4, -0.2) is 5.91 Å². The summed E-state index contributed by atoms with van der Waals surface area (Å²) >= 11 is 0. The molecule has 0 aromatic heterocycles. The Kier molecular flexibility index (Phi) is 3.89. The molecule has 1 amide bonds. The zero-order valence-corrected chi connectivity index (χ0v) is 9.66. The van der Waals surface area contributed by atoms with Crippen molar-refractivity contribution < 1.29 is 4.79 Å². The Morgan fingerprint density at radius 1 is 1.33 bits per heavy atom. The molecule has 82 valence electrons. The average molecular weight is 205 g/mol. The zero-order chi connectivity index (χ0) is 11.4. The van der Waals surface area contributed by atoms with Crippen LogP contribution < -0.4 is 5.73 Å². The van der Waals surface area contributed by atoms with Crippen molar-refractivity contribution >= 4 is 5.91 Å². The van der Waals surface area contributed by atoms with Gasteiger partial charge in [-0.15, -0.1) is 0 Å². The molecule has 0 aliphatic rings. The average Bonchev–Trinajstić information content (AvgIpc) is 2.16. The maximum atomic E-state index is 11.1. The van der Waals surface area contributed by atoms with Gasteiger partial charge in [0.15, 0.2) is 0 Å².